The van der Waals surface area contributed by atoms with E-state index in [1.165, 1.54) is 12.1 Å². The third-order valence-electron chi connectivity index (χ3n) is 2.56. The van der Waals surface area contributed by atoms with Gasteiger partial charge in [-0.1, -0.05) is 6.07 Å². The van der Waals surface area contributed by atoms with Gasteiger partial charge in [-0.15, -0.1) is 0 Å². The first-order valence-corrected chi connectivity index (χ1v) is 5.44. The van der Waals surface area contributed by atoms with Gasteiger partial charge in [-0.25, -0.2) is 4.39 Å². The van der Waals surface area contributed by atoms with Gasteiger partial charge in [0.1, 0.15) is 23.5 Å². The largest absolute Gasteiger partial charge is 0.294 e. The summed E-state index contributed by atoms with van der Waals surface area (Å²) in [6, 6.07) is 6.44. The van der Waals surface area contributed by atoms with Crippen LogP contribution in [0.1, 0.15) is 22.3 Å². The Bertz CT molecular complexity index is 634. The zero-order chi connectivity index (χ0) is 12.6. The third-order valence-corrected chi connectivity index (χ3v) is 3.17. The maximum atomic E-state index is 13.7. The molecule has 82 valence electrons. The van der Waals surface area contributed by atoms with Gasteiger partial charge in [-0.2, -0.15) is 10.5 Å². The van der Waals surface area contributed by atoms with E-state index in [-0.39, 0.29) is 22.0 Å². The first-order valence-electron chi connectivity index (χ1n) is 4.65. The molecule has 5 heteroatoms. The number of fused-ring (bicyclic) bond motifs is 1. The molecule has 0 saturated carbocycles. The Labute approximate surface area is 105 Å². The molecule has 0 bridgehead atoms. The summed E-state index contributed by atoms with van der Waals surface area (Å²) >= 11 is 2.99. The number of ketones is 1. The van der Waals surface area contributed by atoms with Crippen molar-refractivity contribution in [3.05, 3.63) is 39.1 Å². The molecule has 0 saturated heterocycles. The van der Waals surface area contributed by atoms with Gasteiger partial charge in [0.25, 0.3) is 0 Å². The Morgan fingerprint density at radius 2 is 2.00 bits per heavy atom. The van der Waals surface area contributed by atoms with E-state index < -0.39 is 11.6 Å². The summed E-state index contributed by atoms with van der Waals surface area (Å²) in [6.45, 7) is 0. The number of benzene rings is 1. The summed E-state index contributed by atoms with van der Waals surface area (Å²) in [4.78, 5) is 11.7. The number of nitrogens with zero attached hydrogens (tertiary/aromatic N) is 2. The Balaban J connectivity index is 2.79. The predicted octanol–water partition coefficient (Wildman–Crippen LogP) is 2.98. The van der Waals surface area contributed by atoms with Crippen molar-refractivity contribution in [2.24, 2.45) is 0 Å². The standard InChI is InChI=1S/C12H4BrFN2O/c13-9-2-1-7-8(6(4-15)5-16)3-10(17)11(7)12(9)14/h1-2H,3H2. The number of Topliss-reactive ketones (excluding diaryl/α,β-unsaturated/α-hetero) is 1. The number of halogens is 2. The molecule has 0 N–H and O–H groups in total. The van der Waals surface area contributed by atoms with E-state index in [1.54, 1.807) is 12.1 Å². The molecular weight excluding hydrogens is 287 g/mol. The summed E-state index contributed by atoms with van der Waals surface area (Å²) in [6.07, 6.45) is -0.0981. The Morgan fingerprint density at radius 3 is 2.59 bits per heavy atom. The molecule has 1 aliphatic rings. The number of carbonyl (C=O) groups excluding carboxylic acids is 1. The van der Waals surface area contributed by atoms with Gasteiger partial charge >= 0.3 is 0 Å². The molecule has 3 nitrogen and oxygen atoms in total. The molecule has 0 fully saturated rings. The fraction of sp³-hybridized carbons (Fsp3) is 0.0833. The van der Waals surface area contributed by atoms with Gasteiger partial charge in [0, 0.05) is 6.42 Å². The quantitative estimate of drug-likeness (QED) is 0.690. The molecule has 0 unspecified atom stereocenters. The molecule has 0 aromatic heterocycles. The number of nitriles is 2. The summed E-state index contributed by atoms with van der Waals surface area (Å²) in [7, 11) is 0. The van der Waals surface area contributed by atoms with Crippen LogP contribution in [-0.4, -0.2) is 5.78 Å². The van der Waals surface area contributed by atoms with Crippen molar-refractivity contribution in [2.45, 2.75) is 6.42 Å². The lowest BCUT2D eigenvalue weighted by Crippen LogP contribution is -1.96. The average molecular weight is 291 g/mol. The molecule has 2 rings (SSSR count). The Morgan fingerprint density at radius 1 is 1.35 bits per heavy atom. The van der Waals surface area contributed by atoms with Crippen LogP contribution in [0.4, 0.5) is 4.39 Å². The highest BCUT2D eigenvalue weighted by atomic mass is 79.9. The number of hydrogen-bond acceptors (Lipinski definition) is 3. The van der Waals surface area contributed by atoms with Gasteiger partial charge < -0.3 is 0 Å². The van der Waals surface area contributed by atoms with Crippen molar-refractivity contribution in [1.29, 1.82) is 10.5 Å². The van der Waals surface area contributed by atoms with E-state index in [1.807, 2.05) is 0 Å². The number of hydrogen-bond donors (Lipinski definition) is 0. The van der Waals surface area contributed by atoms with Crippen LogP contribution in [0, 0.1) is 28.5 Å². The van der Waals surface area contributed by atoms with Crippen molar-refractivity contribution < 1.29 is 9.18 Å². The van der Waals surface area contributed by atoms with Gasteiger partial charge in [0.15, 0.2) is 5.78 Å². The summed E-state index contributed by atoms with van der Waals surface area (Å²) in [5.74, 6) is -1.05. The molecule has 0 aliphatic heterocycles. The van der Waals surface area contributed by atoms with Crippen LogP contribution in [0.2, 0.25) is 0 Å². The first kappa shape index (κ1) is 11.5. The molecule has 1 aliphatic carbocycles. The van der Waals surface area contributed by atoms with Crippen molar-refractivity contribution in [2.75, 3.05) is 0 Å². The van der Waals surface area contributed by atoms with Crippen LogP contribution >= 0.6 is 15.9 Å². The Kier molecular flexibility index (Phi) is 2.79. The van der Waals surface area contributed by atoms with Crippen LogP contribution in [0.25, 0.3) is 5.57 Å². The maximum absolute atomic E-state index is 13.7. The molecule has 1 aromatic rings. The van der Waals surface area contributed by atoms with E-state index in [4.69, 9.17) is 10.5 Å². The van der Waals surface area contributed by atoms with E-state index >= 15 is 0 Å². The van der Waals surface area contributed by atoms with Crippen molar-refractivity contribution in [3.8, 4) is 12.1 Å². The second-order valence-corrected chi connectivity index (χ2v) is 4.32. The fourth-order valence-electron chi connectivity index (χ4n) is 1.80. The topological polar surface area (TPSA) is 64.7 Å². The first-order chi connectivity index (χ1) is 8.10. The second kappa shape index (κ2) is 4.12. The average Bonchev–Trinajstić information content (AvgIpc) is 2.64. The highest BCUT2D eigenvalue weighted by molar-refractivity contribution is 9.10. The smallest absolute Gasteiger partial charge is 0.170 e. The predicted molar refractivity (Wildman–Crippen MR) is 61.2 cm³/mol. The molecule has 0 atom stereocenters. The van der Waals surface area contributed by atoms with E-state index in [9.17, 15) is 9.18 Å². The minimum absolute atomic E-state index is 0.0441. The van der Waals surface area contributed by atoms with Crippen LogP contribution in [0.5, 0.6) is 0 Å². The summed E-state index contributed by atoms with van der Waals surface area (Å²) in [5, 5.41) is 17.6. The maximum Gasteiger partial charge on any atom is 0.170 e. The lowest BCUT2D eigenvalue weighted by atomic mass is 10.0. The zero-order valence-electron chi connectivity index (χ0n) is 8.42. The Hall–Kier alpha value is -1.98. The molecule has 1 aromatic carbocycles. The molecule has 0 radical (unpaired) electrons. The monoisotopic (exact) mass is 290 g/mol. The van der Waals surface area contributed by atoms with Crippen LogP contribution in [0.3, 0.4) is 0 Å². The lowest BCUT2D eigenvalue weighted by molar-refractivity contribution is 0.100. The van der Waals surface area contributed by atoms with Gasteiger partial charge in [0.2, 0.25) is 0 Å². The molecule has 0 heterocycles. The zero-order valence-corrected chi connectivity index (χ0v) is 10.0. The van der Waals surface area contributed by atoms with Crippen LogP contribution in [0.15, 0.2) is 22.2 Å². The normalized spacial score (nSPS) is 12.9. The highest BCUT2D eigenvalue weighted by Crippen LogP contribution is 2.37. The van der Waals surface area contributed by atoms with Gasteiger partial charge in [-0.3, -0.25) is 4.79 Å². The van der Waals surface area contributed by atoms with E-state index in [2.05, 4.69) is 15.9 Å². The third kappa shape index (κ3) is 1.65. The second-order valence-electron chi connectivity index (χ2n) is 3.46. The van der Waals surface area contributed by atoms with Crippen molar-refractivity contribution >= 4 is 27.3 Å². The number of rotatable bonds is 0. The summed E-state index contributed by atoms with van der Waals surface area (Å²) < 4.78 is 13.9. The molecule has 0 amide bonds. The minimum atomic E-state index is -0.641. The van der Waals surface area contributed by atoms with Gasteiger partial charge in [-0.05, 0) is 33.1 Å². The molecule has 0 spiro atoms. The number of allylic oxidation sites excluding steroid dienone is 2. The number of carbonyl (C=O) groups is 1. The van der Waals surface area contributed by atoms with Crippen molar-refractivity contribution in [3.63, 3.8) is 0 Å². The minimum Gasteiger partial charge on any atom is -0.294 e. The van der Waals surface area contributed by atoms with Crippen LogP contribution < -0.4 is 0 Å². The fourth-order valence-corrected chi connectivity index (χ4v) is 2.13. The van der Waals surface area contributed by atoms with Gasteiger partial charge in [0.05, 0.1) is 10.0 Å². The lowest BCUT2D eigenvalue weighted by Gasteiger charge is -2.02. The summed E-state index contributed by atoms with van der Waals surface area (Å²) in [5.41, 5.74) is 0.464. The van der Waals surface area contributed by atoms with E-state index in [0.29, 0.717) is 11.1 Å². The highest BCUT2D eigenvalue weighted by Gasteiger charge is 2.30. The van der Waals surface area contributed by atoms with Crippen molar-refractivity contribution in [1.82, 2.24) is 0 Å². The molecule has 17 heavy (non-hydrogen) atoms. The van der Waals surface area contributed by atoms with Crippen LogP contribution in [-0.2, 0) is 0 Å². The van der Waals surface area contributed by atoms with E-state index in [0.717, 1.165) is 0 Å². The SMILES string of the molecule is N#CC(C#N)=C1CC(=O)c2c1ccc(Br)c2F. The molecular formula is C12H4BrFN2O.